The molecule has 3 N–H and O–H groups in total. The largest absolute Gasteiger partial charge is 0.399 e. The standard InChI is InChI=1S/C26H25N3O4S/c27-18-8-6-16(7-9-18)14-19(26(32)29-13-12-21-24(29)20(30)15-33-21)28-25(31)23-11-10-22(34-23)17-4-2-1-3-5-17/h1-11,19,21,24H,12-15,27H2,(H,28,31). The highest BCUT2D eigenvalue weighted by atomic mass is 32.1. The number of rotatable bonds is 6. The second-order valence-corrected chi connectivity index (χ2v) is 9.67. The third-order valence-electron chi connectivity index (χ3n) is 6.31. The van der Waals surface area contributed by atoms with E-state index in [1.807, 2.05) is 48.5 Å². The van der Waals surface area contributed by atoms with Gasteiger partial charge in [-0.15, -0.1) is 11.3 Å². The third-order valence-corrected chi connectivity index (χ3v) is 7.44. The predicted octanol–water partition coefficient (Wildman–Crippen LogP) is 2.91. The summed E-state index contributed by atoms with van der Waals surface area (Å²) >= 11 is 1.38. The van der Waals surface area contributed by atoms with Gasteiger partial charge < -0.3 is 20.7 Å². The molecule has 2 aliphatic rings. The first-order chi connectivity index (χ1) is 16.5. The van der Waals surface area contributed by atoms with E-state index in [1.54, 1.807) is 23.1 Å². The number of hydrogen-bond acceptors (Lipinski definition) is 6. The molecule has 8 heteroatoms. The minimum absolute atomic E-state index is 0.0333. The van der Waals surface area contributed by atoms with Crippen molar-refractivity contribution < 1.29 is 19.1 Å². The number of ether oxygens (including phenoxy) is 1. The SMILES string of the molecule is Nc1ccc(CC(NC(=O)c2ccc(-c3ccccc3)s2)C(=O)N2CCC3OCC(=O)C32)cc1. The van der Waals surface area contributed by atoms with Gasteiger partial charge in [0.25, 0.3) is 5.91 Å². The Morgan fingerprint density at radius 3 is 2.62 bits per heavy atom. The van der Waals surface area contributed by atoms with Crippen molar-refractivity contribution in [3.63, 3.8) is 0 Å². The highest BCUT2D eigenvalue weighted by molar-refractivity contribution is 7.17. The van der Waals surface area contributed by atoms with Gasteiger partial charge in [0.15, 0.2) is 5.78 Å². The summed E-state index contributed by atoms with van der Waals surface area (Å²) in [5, 5.41) is 2.93. The van der Waals surface area contributed by atoms with E-state index in [9.17, 15) is 14.4 Å². The molecule has 3 heterocycles. The van der Waals surface area contributed by atoms with Crippen LogP contribution in [0.3, 0.4) is 0 Å². The van der Waals surface area contributed by atoms with Gasteiger partial charge in [-0.25, -0.2) is 0 Å². The maximum Gasteiger partial charge on any atom is 0.262 e. The van der Waals surface area contributed by atoms with Crippen molar-refractivity contribution >= 4 is 34.6 Å². The van der Waals surface area contributed by atoms with E-state index in [4.69, 9.17) is 10.5 Å². The van der Waals surface area contributed by atoms with Crippen molar-refractivity contribution in [1.29, 1.82) is 0 Å². The van der Waals surface area contributed by atoms with Gasteiger partial charge in [-0.2, -0.15) is 0 Å². The van der Waals surface area contributed by atoms with Crippen LogP contribution in [0, 0.1) is 0 Å². The van der Waals surface area contributed by atoms with Crippen molar-refractivity contribution in [3.8, 4) is 10.4 Å². The number of ketones is 1. The number of fused-ring (bicyclic) bond motifs is 1. The zero-order valence-corrected chi connectivity index (χ0v) is 19.3. The summed E-state index contributed by atoms with van der Waals surface area (Å²) in [5.74, 6) is -0.666. The van der Waals surface area contributed by atoms with E-state index < -0.39 is 12.1 Å². The normalized spacial score (nSPS) is 20.2. The van der Waals surface area contributed by atoms with Crippen LogP contribution in [0.5, 0.6) is 0 Å². The van der Waals surface area contributed by atoms with Gasteiger partial charge in [0.2, 0.25) is 5.91 Å². The molecule has 2 amide bonds. The van der Waals surface area contributed by atoms with E-state index in [0.717, 1.165) is 16.0 Å². The molecular weight excluding hydrogens is 450 g/mol. The van der Waals surface area contributed by atoms with Crippen molar-refractivity contribution in [3.05, 3.63) is 77.2 Å². The molecule has 7 nitrogen and oxygen atoms in total. The average Bonchev–Trinajstić information content (AvgIpc) is 3.58. The number of amides is 2. The number of Topliss-reactive ketones (excluding diaryl/α,β-unsaturated/α-hetero) is 1. The van der Waals surface area contributed by atoms with Crippen LogP contribution in [0.15, 0.2) is 66.7 Å². The lowest BCUT2D eigenvalue weighted by molar-refractivity contribution is -0.138. The number of likely N-dealkylation sites (tertiary alicyclic amines) is 1. The molecular formula is C26H25N3O4S. The van der Waals surface area contributed by atoms with Crippen molar-refractivity contribution in [2.24, 2.45) is 0 Å². The average molecular weight is 476 g/mol. The Hall–Kier alpha value is -3.49. The van der Waals surface area contributed by atoms with E-state index in [1.165, 1.54) is 11.3 Å². The molecule has 0 saturated carbocycles. The highest BCUT2D eigenvalue weighted by Crippen LogP contribution is 2.29. The van der Waals surface area contributed by atoms with Gasteiger partial charge in [0.05, 0.1) is 11.0 Å². The molecule has 174 valence electrons. The zero-order valence-electron chi connectivity index (χ0n) is 18.5. The molecule has 0 radical (unpaired) electrons. The molecule has 0 spiro atoms. The van der Waals surface area contributed by atoms with Crippen LogP contribution in [-0.2, 0) is 20.7 Å². The lowest BCUT2D eigenvalue weighted by atomic mass is 10.0. The minimum Gasteiger partial charge on any atom is -0.399 e. The summed E-state index contributed by atoms with van der Waals surface area (Å²) in [6.07, 6.45) is 0.663. The van der Waals surface area contributed by atoms with Crippen molar-refractivity contribution in [2.45, 2.75) is 31.0 Å². The molecule has 3 aromatic rings. The number of nitrogens with zero attached hydrogens (tertiary/aromatic N) is 1. The second kappa shape index (κ2) is 9.40. The van der Waals surface area contributed by atoms with E-state index in [-0.39, 0.29) is 30.3 Å². The molecule has 3 atom stereocenters. The zero-order chi connectivity index (χ0) is 23.7. The Kier molecular flexibility index (Phi) is 6.17. The van der Waals surface area contributed by atoms with Gasteiger partial charge in [-0.3, -0.25) is 14.4 Å². The fourth-order valence-corrected chi connectivity index (χ4v) is 5.49. The molecule has 1 aromatic heterocycles. The van der Waals surface area contributed by atoms with Crippen LogP contribution in [0.1, 0.15) is 21.7 Å². The summed E-state index contributed by atoms with van der Waals surface area (Å²) < 4.78 is 5.53. The Labute approximate surface area is 201 Å². The number of carbonyl (C=O) groups is 3. The van der Waals surface area contributed by atoms with Gasteiger partial charge in [0, 0.05) is 23.5 Å². The quantitative estimate of drug-likeness (QED) is 0.534. The fourth-order valence-electron chi connectivity index (χ4n) is 4.58. The maximum atomic E-state index is 13.6. The number of carbonyl (C=O) groups excluding carboxylic acids is 3. The second-order valence-electron chi connectivity index (χ2n) is 8.58. The highest BCUT2D eigenvalue weighted by Gasteiger charge is 2.48. The van der Waals surface area contributed by atoms with Crippen LogP contribution in [0.25, 0.3) is 10.4 Å². The lowest BCUT2D eigenvalue weighted by Crippen LogP contribution is -2.53. The Morgan fingerprint density at radius 2 is 1.85 bits per heavy atom. The van der Waals surface area contributed by atoms with Crippen LogP contribution < -0.4 is 11.1 Å². The number of hydrogen-bond donors (Lipinski definition) is 2. The van der Waals surface area contributed by atoms with Crippen LogP contribution in [0.2, 0.25) is 0 Å². The van der Waals surface area contributed by atoms with Crippen LogP contribution in [-0.4, -0.2) is 53.8 Å². The number of nitrogens with two attached hydrogens (primary N) is 1. The first kappa shape index (κ1) is 22.3. The Balaban J connectivity index is 1.37. The first-order valence-corrected chi connectivity index (χ1v) is 12.1. The van der Waals surface area contributed by atoms with E-state index >= 15 is 0 Å². The predicted molar refractivity (Wildman–Crippen MR) is 130 cm³/mol. The summed E-state index contributed by atoms with van der Waals surface area (Å²) in [7, 11) is 0. The summed E-state index contributed by atoms with van der Waals surface area (Å²) in [5.41, 5.74) is 8.33. The maximum absolute atomic E-state index is 13.6. The Bertz CT molecular complexity index is 1210. The molecule has 2 aliphatic heterocycles. The molecule has 3 unspecified atom stereocenters. The third kappa shape index (κ3) is 4.47. The molecule has 2 saturated heterocycles. The number of nitrogens with one attached hydrogen (secondary N) is 1. The topological polar surface area (TPSA) is 102 Å². The molecule has 2 aromatic carbocycles. The molecule has 5 rings (SSSR count). The smallest absolute Gasteiger partial charge is 0.262 e. The van der Waals surface area contributed by atoms with Crippen molar-refractivity contribution in [1.82, 2.24) is 10.2 Å². The van der Waals surface area contributed by atoms with E-state index in [2.05, 4.69) is 5.32 Å². The molecule has 2 fully saturated rings. The van der Waals surface area contributed by atoms with Crippen molar-refractivity contribution in [2.75, 3.05) is 18.9 Å². The minimum atomic E-state index is -0.814. The summed E-state index contributed by atoms with van der Waals surface area (Å²) in [6.45, 7) is 0.469. The van der Waals surface area contributed by atoms with Crippen LogP contribution in [0.4, 0.5) is 5.69 Å². The molecule has 34 heavy (non-hydrogen) atoms. The number of benzene rings is 2. The van der Waals surface area contributed by atoms with Gasteiger partial charge >= 0.3 is 0 Å². The molecule has 0 aliphatic carbocycles. The first-order valence-electron chi connectivity index (χ1n) is 11.2. The van der Waals surface area contributed by atoms with E-state index in [0.29, 0.717) is 30.0 Å². The number of nitrogen functional groups attached to an aromatic ring is 1. The summed E-state index contributed by atoms with van der Waals surface area (Å²) in [6, 6.07) is 19.4. The monoisotopic (exact) mass is 475 g/mol. The Morgan fingerprint density at radius 1 is 1.09 bits per heavy atom. The number of anilines is 1. The molecule has 0 bridgehead atoms. The number of thiophene rings is 1. The van der Waals surface area contributed by atoms with Gasteiger partial charge in [-0.1, -0.05) is 42.5 Å². The summed E-state index contributed by atoms with van der Waals surface area (Å²) in [4.78, 5) is 42.2. The lowest BCUT2D eigenvalue weighted by Gasteiger charge is -2.27. The van der Waals surface area contributed by atoms with Gasteiger partial charge in [-0.05, 0) is 41.8 Å². The van der Waals surface area contributed by atoms with Gasteiger partial charge in [0.1, 0.15) is 18.7 Å². The fraction of sp³-hybridized carbons (Fsp3) is 0.269. The van der Waals surface area contributed by atoms with Crippen LogP contribution >= 0.6 is 11.3 Å².